The van der Waals surface area contributed by atoms with E-state index >= 15 is 0 Å². The van der Waals surface area contributed by atoms with Crippen LogP contribution in [0.5, 0.6) is 0 Å². The van der Waals surface area contributed by atoms with Crippen molar-refractivity contribution < 1.29 is 9.84 Å². The first-order valence-corrected chi connectivity index (χ1v) is 9.45. The summed E-state index contributed by atoms with van der Waals surface area (Å²) in [6.07, 6.45) is 0. The largest absolute Gasteiger partial charge is 0.383 e. The fourth-order valence-corrected chi connectivity index (χ4v) is 3.03. The Morgan fingerprint density at radius 3 is 2.65 bits per heavy atom. The van der Waals surface area contributed by atoms with E-state index in [2.05, 4.69) is 15.6 Å². The minimum Gasteiger partial charge on any atom is -0.383 e. The van der Waals surface area contributed by atoms with Gasteiger partial charge in [-0.15, -0.1) is 24.0 Å². The van der Waals surface area contributed by atoms with Crippen molar-refractivity contribution in [3.05, 3.63) is 58.3 Å². The van der Waals surface area contributed by atoms with Crippen molar-refractivity contribution in [1.29, 1.82) is 0 Å². The molecular formula is C19H28IN3O2S. The van der Waals surface area contributed by atoms with E-state index in [1.54, 1.807) is 18.3 Å². The van der Waals surface area contributed by atoms with E-state index < -0.39 is 5.60 Å². The molecule has 3 N–H and O–H groups in total. The van der Waals surface area contributed by atoms with Crippen molar-refractivity contribution in [2.45, 2.75) is 26.1 Å². The molecule has 1 unspecified atom stereocenters. The highest BCUT2D eigenvalue weighted by Gasteiger charge is 2.23. The van der Waals surface area contributed by atoms with E-state index in [1.165, 1.54) is 0 Å². The van der Waals surface area contributed by atoms with Crippen molar-refractivity contribution in [1.82, 2.24) is 10.6 Å². The van der Waals surface area contributed by atoms with Gasteiger partial charge in [0.25, 0.3) is 0 Å². The SMILES string of the molecule is CCNC(=NCC(C)(O)c1ccsc1)NCCOCc1ccccc1.I. The smallest absolute Gasteiger partial charge is 0.191 e. The van der Waals surface area contributed by atoms with Gasteiger partial charge < -0.3 is 20.5 Å². The maximum absolute atomic E-state index is 10.5. The predicted molar refractivity (Wildman–Crippen MR) is 119 cm³/mol. The lowest BCUT2D eigenvalue weighted by atomic mass is 10.00. The third-order valence-corrected chi connectivity index (χ3v) is 4.37. The molecule has 0 saturated heterocycles. The van der Waals surface area contributed by atoms with Crippen LogP contribution in [0.1, 0.15) is 25.0 Å². The number of aliphatic hydroxyl groups is 1. The molecule has 1 aromatic heterocycles. The van der Waals surface area contributed by atoms with Gasteiger partial charge in [-0.3, -0.25) is 0 Å². The number of benzene rings is 1. The van der Waals surface area contributed by atoms with Crippen molar-refractivity contribution in [2.75, 3.05) is 26.2 Å². The van der Waals surface area contributed by atoms with Gasteiger partial charge in [0.1, 0.15) is 5.60 Å². The first-order valence-electron chi connectivity index (χ1n) is 8.50. The van der Waals surface area contributed by atoms with Gasteiger partial charge in [0.05, 0.1) is 19.8 Å². The van der Waals surface area contributed by atoms with Crippen molar-refractivity contribution in [3.63, 3.8) is 0 Å². The molecule has 5 nitrogen and oxygen atoms in total. The number of nitrogens with zero attached hydrogens (tertiary/aromatic N) is 1. The molecule has 0 radical (unpaired) electrons. The molecule has 0 aliphatic rings. The van der Waals surface area contributed by atoms with E-state index in [1.807, 2.05) is 54.1 Å². The normalized spacial score (nSPS) is 13.6. The molecule has 0 aliphatic heterocycles. The number of thiophene rings is 1. The number of halogens is 1. The monoisotopic (exact) mass is 489 g/mol. The van der Waals surface area contributed by atoms with Crippen molar-refractivity contribution in [2.24, 2.45) is 4.99 Å². The molecule has 7 heteroatoms. The number of rotatable bonds is 9. The maximum atomic E-state index is 10.5. The number of aliphatic imine (C=N–C) groups is 1. The van der Waals surface area contributed by atoms with E-state index in [9.17, 15) is 5.11 Å². The molecule has 0 aliphatic carbocycles. The summed E-state index contributed by atoms with van der Waals surface area (Å²) < 4.78 is 5.66. The fraction of sp³-hybridized carbons (Fsp3) is 0.421. The fourth-order valence-electron chi connectivity index (χ4n) is 2.24. The van der Waals surface area contributed by atoms with E-state index in [0.29, 0.717) is 32.3 Å². The topological polar surface area (TPSA) is 65.9 Å². The summed E-state index contributed by atoms with van der Waals surface area (Å²) in [5, 5.41) is 20.9. The van der Waals surface area contributed by atoms with Gasteiger partial charge in [0.2, 0.25) is 0 Å². The zero-order valence-electron chi connectivity index (χ0n) is 15.3. The van der Waals surface area contributed by atoms with Gasteiger partial charge in [-0.25, -0.2) is 4.99 Å². The summed E-state index contributed by atoms with van der Waals surface area (Å²) in [5.74, 6) is 0.682. The average Bonchev–Trinajstić information content (AvgIpc) is 3.16. The van der Waals surface area contributed by atoms with Crippen LogP contribution in [-0.2, 0) is 16.9 Å². The molecule has 2 aromatic rings. The third kappa shape index (κ3) is 8.03. The Labute approximate surface area is 176 Å². The standard InChI is InChI=1S/C19H27N3O2S.HI/c1-3-20-18(22-15-19(2,23)17-9-12-25-14-17)21-10-11-24-13-16-7-5-4-6-8-16;/h4-9,12,14,23H,3,10-11,13,15H2,1-2H3,(H2,20,21,22);1H. The lowest BCUT2D eigenvalue weighted by Gasteiger charge is -2.21. The number of hydrogen-bond acceptors (Lipinski definition) is 4. The Morgan fingerprint density at radius 1 is 1.23 bits per heavy atom. The van der Waals surface area contributed by atoms with Crippen LogP contribution in [0.4, 0.5) is 0 Å². The number of ether oxygens (including phenoxy) is 1. The molecule has 1 atom stereocenters. The van der Waals surface area contributed by atoms with E-state index in [4.69, 9.17) is 4.74 Å². The van der Waals surface area contributed by atoms with Gasteiger partial charge >= 0.3 is 0 Å². The Morgan fingerprint density at radius 2 is 2.00 bits per heavy atom. The maximum Gasteiger partial charge on any atom is 0.191 e. The Hall–Kier alpha value is -1.16. The van der Waals surface area contributed by atoms with Gasteiger partial charge in [-0.05, 0) is 41.8 Å². The van der Waals surface area contributed by atoms with Crippen LogP contribution in [0.2, 0.25) is 0 Å². The first kappa shape index (κ1) is 22.9. The molecule has 0 spiro atoms. The molecule has 2 rings (SSSR count). The van der Waals surface area contributed by atoms with Crippen LogP contribution < -0.4 is 10.6 Å². The highest BCUT2D eigenvalue weighted by atomic mass is 127. The van der Waals surface area contributed by atoms with Gasteiger partial charge in [0.15, 0.2) is 5.96 Å². The second-order valence-corrected chi connectivity index (χ2v) is 6.73. The molecule has 1 aromatic carbocycles. The van der Waals surface area contributed by atoms with Crippen LogP contribution in [-0.4, -0.2) is 37.3 Å². The Bertz CT molecular complexity index is 633. The molecule has 144 valence electrons. The second-order valence-electron chi connectivity index (χ2n) is 5.95. The van der Waals surface area contributed by atoms with Gasteiger partial charge in [-0.2, -0.15) is 11.3 Å². The molecule has 26 heavy (non-hydrogen) atoms. The summed E-state index contributed by atoms with van der Waals surface area (Å²) in [4.78, 5) is 4.49. The molecule has 1 heterocycles. The highest BCUT2D eigenvalue weighted by molar-refractivity contribution is 14.0. The van der Waals surface area contributed by atoms with Crippen LogP contribution in [0.15, 0.2) is 52.2 Å². The van der Waals surface area contributed by atoms with Crippen molar-refractivity contribution >= 4 is 41.3 Å². The highest BCUT2D eigenvalue weighted by Crippen LogP contribution is 2.23. The third-order valence-electron chi connectivity index (χ3n) is 3.68. The summed E-state index contributed by atoms with van der Waals surface area (Å²) >= 11 is 1.57. The molecule has 0 saturated carbocycles. The van der Waals surface area contributed by atoms with Crippen LogP contribution in [0.25, 0.3) is 0 Å². The Kier molecular flexibility index (Phi) is 10.8. The molecule has 0 amide bonds. The first-order chi connectivity index (χ1) is 12.1. The minimum atomic E-state index is -0.966. The minimum absolute atomic E-state index is 0. The lowest BCUT2D eigenvalue weighted by Crippen LogP contribution is -2.40. The molecular weight excluding hydrogens is 461 g/mol. The van der Waals surface area contributed by atoms with Crippen LogP contribution >= 0.6 is 35.3 Å². The zero-order chi connectivity index (χ0) is 18.0. The van der Waals surface area contributed by atoms with E-state index in [0.717, 1.165) is 17.7 Å². The Balaban J connectivity index is 0.00000338. The average molecular weight is 489 g/mol. The summed E-state index contributed by atoms with van der Waals surface area (Å²) in [6, 6.07) is 12.0. The predicted octanol–water partition coefficient (Wildman–Crippen LogP) is 3.35. The van der Waals surface area contributed by atoms with Crippen molar-refractivity contribution in [3.8, 4) is 0 Å². The molecule has 0 fully saturated rings. The van der Waals surface area contributed by atoms with Gasteiger partial charge in [0, 0.05) is 13.1 Å². The van der Waals surface area contributed by atoms with Crippen LogP contribution in [0, 0.1) is 0 Å². The van der Waals surface area contributed by atoms with Gasteiger partial charge in [-0.1, -0.05) is 30.3 Å². The number of hydrogen-bond donors (Lipinski definition) is 3. The van der Waals surface area contributed by atoms with E-state index in [-0.39, 0.29) is 24.0 Å². The lowest BCUT2D eigenvalue weighted by molar-refractivity contribution is 0.0677. The number of nitrogens with one attached hydrogen (secondary N) is 2. The summed E-state index contributed by atoms with van der Waals surface area (Å²) in [5.41, 5.74) is 1.09. The summed E-state index contributed by atoms with van der Waals surface area (Å²) in [7, 11) is 0. The quantitative estimate of drug-likeness (QED) is 0.219. The number of guanidine groups is 1. The summed E-state index contributed by atoms with van der Waals surface area (Å²) in [6.45, 7) is 6.69. The zero-order valence-corrected chi connectivity index (χ0v) is 18.4. The molecule has 0 bridgehead atoms. The van der Waals surface area contributed by atoms with Crippen LogP contribution in [0.3, 0.4) is 0 Å². The second kappa shape index (κ2) is 12.3.